The number of amides is 1. The number of carbonyl (C=O) groups excluding carboxylic acids is 1. The van der Waals surface area contributed by atoms with Gasteiger partial charge in [-0.1, -0.05) is 24.3 Å². The molecule has 1 aromatic heterocycles. The SMILES string of the molecule is O=C(Cn1cc(C=Nc2cccc(O)c2)c2ccccc21)N1CCOCC1. The average Bonchev–Trinajstić information content (AvgIpc) is 3.05. The second-order valence-corrected chi connectivity index (χ2v) is 6.50. The highest BCUT2D eigenvalue weighted by atomic mass is 16.5. The Morgan fingerprint density at radius 1 is 1.15 bits per heavy atom. The normalized spacial score (nSPS) is 14.9. The number of fused-ring (bicyclic) bond motifs is 1. The maximum absolute atomic E-state index is 12.6. The maximum Gasteiger partial charge on any atom is 0.242 e. The molecule has 0 aliphatic carbocycles. The number of hydrogen-bond acceptors (Lipinski definition) is 4. The summed E-state index contributed by atoms with van der Waals surface area (Å²) < 4.78 is 7.29. The second kappa shape index (κ2) is 7.63. The van der Waals surface area contributed by atoms with Crippen LogP contribution in [0, 0.1) is 0 Å². The van der Waals surface area contributed by atoms with Gasteiger partial charge in [-0.2, -0.15) is 0 Å². The number of phenolic OH excluding ortho intramolecular Hbond substituents is 1. The molecule has 0 spiro atoms. The van der Waals surface area contributed by atoms with E-state index in [1.165, 1.54) is 0 Å². The minimum Gasteiger partial charge on any atom is -0.508 e. The van der Waals surface area contributed by atoms with Crippen molar-refractivity contribution in [3.05, 3.63) is 60.3 Å². The Bertz CT molecular complexity index is 987. The summed E-state index contributed by atoms with van der Waals surface area (Å²) in [5.74, 6) is 0.277. The monoisotopic (exact) mass is 363 g/mol. The summed E-state index contributed by atoms with van der Waals surface area (Å²) >= 11 is 0. The third kappa shape index (κ3) is 3.85. The Kier molecular flexibility index (Phi) is 4.89. The summed E-state index contributed by atoms with van der Waals surface area (Å²) in [7, 11) is 0. The summed E-state index contributed by atoms with van der Waals surface area (Å²) in [5, 5.41) is 10.6. The smallest absolute Gasteiger partial charge is 0.242 e. The first-order valence-corrected chi connectivity index (χ1v) is 8.97. The number of benzene rings is 2. The first-order valence-electron chi connectivity index (χ1n) is 8.97. The van der Waals surface area contributed by atoms with Gasteiger partial charge in [-0.05, 0) is 18.2 Å². The zero-order valence-corrected chi connectivity index (χ0v) is 14.9. The summed E-state index contributed by atoms with van der Waals surface area (Å²) in [6, 6.07) is 14.8. The van der Waals surface area contributed by atoms with Crippen molar-refractivity contribution >= 4 is 28.7 Å². The number of rotatable bonds is 4. The van der Waals surface area contributed by atoms with Crippen molar-refractivity contribution in [3.63, 3.8) is 0 Å². The Balaban J connectivity index is 1.61. The van der Waals surface area contributed by atoms with Gasteiger partial charge in [0, 0.05) is 48.0 Å². The van der Waals surface area contributed by atoms with Crippen LogP contribution in [0.2, 0.25) is 0 Å². The predicted molar refractivity (Wildman–Crippen MR) is 105 cm³/mol. The fourth-order valence-corrected chi connectivity index (χ4v) is 3.28. The minimum absolute atomic E-state index is 0.0931. The molecule has 6 nitrogen and oxygen atoms in total. The van der Waals surface area contributed by atoms with Crippen LogP contribution >= 0.6 is 0 Å². The quantitative estimate of drug-likeness (QED) is 0.725. The molecule has 1 N–H and O–H groups in total. The van der Waals surface area contributed by atoms with E-state index < -0.39 is 0 Å². The minimum atomic E-state index is 0.0931. The molecule has 2 heterocycles. The topological polar surface area (TPSA) is 67.1 Å². The maximum atomic E-state index is 12.6. The lowest BCUT2D eigenvalue weighted by molar-refractivity contribution is -0.135. The summed E-state index contributed by atoms with van der Waals surface area (Å²) in [4.78, 5) is 18.9. The molecule has 138 valence electrons. The number of aromatic hydroxyl groups is 1. The molecule has 1 saturated heterocycles. The molecule has 0 bridgehead atoms. The van der Waals surface area contributed by atoms with Crippen molar-refractivity contribution in [1.82, 2.24) is 9.47 Å². The molecule has 1 fully saturated rings. The van der Waals surface area contributed by atoms with Gasteiger partial charge in [-0.3, -0.25) is 9.79 Å². The molecule has 0 radical (unpaired) electrons. The van der Waals surface area contributed by atoms with E-state index >= 15 is 0 Å². The number of aromatic nitrogens is 1. The molecule has 1 amide bonds. The van der Waals surface area contributed by atoms with Gasteiger partial charge in [-0.15, -0.1) is 0 Å². The van der Waals surface area contributed by atoms with E-state index in [0.29, 0.717) is 38.5 Å². The number of nitrogens with zero attached hydrogens (tertiary/aromatic N) is 3. The highest BCUT2D eigenvalue weighted by Crippen LogP contribution is 2.22. The Labute approximate surface area is 157 Å². The van der Waals surface area contributed by atoms with Gasteiger partial charge >= 0.3 is 0 Å². The number of phenols is 1. The van der Waals surface area contributed by atoms with Crippen molar-refractivity contribution in [2.75, 3.05) is 26.3 Å². The molecule has 0 saturated carbocycles. The lowest BCUT2D eigenvalue weighted by Gasteiger charge is -2.27. The number of morpholine rings is 1. The van der Waals surface area contributed by atoms with Crippen LogP contribution in [-0.2, 0) is 16.1 Å². The zero-order valence-electron chi connectivity index (χ0n) is 14.9. The van der Waals surface area contributed by atoms with Crippen LogP contribution in [0.3, 0.4) is 0 Å². The Morgan fingerprint density at radius 2 is 1.96 bits per heavy atom. The van der Waals surface area contributed by atoms with Crippen LogP contribution in [-0.4, -0.2) is 53.0 Å². The molecular weight excluding hydrogens is 342 g/mol. The van der Waals surface area contributed by atoms with E-state index in [9.17, 15) is 9.90 Å². The second-order valence-electron chi connectivity index (χ2n) is 6.50. The zero-order chi connectivity index (χ0) is 18.6. The molecule has 2 aromatic carbocycles. The first-order chi connectivity index (χ1) is 13.2. The lowest BCUT2D eigenvalue weighted by Crippen LogP contribution is -2.42. The van der Waals surface area contributed by atoms with E-state index in [2.05, 4.69) is 4.99 Å². The fraction of sp³-hybridized carbons (Fsp3) is 0.238. The number of carbonyl (C=O) groups is 1. The molecule has 1 aliphatic rings. The van der Waals surface area contributed by atoms with Gasteiger partial charge in [0.1, 0.15) is 12.3 Å². The van der Waals surface area contributed by atoms with Crippen LogP contribution < -0.4 is 0 Å². The van der Waals surface area contributed by atoms with Crippen molar-refractivity contribution in [3.8, 4) is 5.75 Å². The van der Waals surface area contributed by atoms with Gasteiger partial charge in [0.15, 0.2) is 0 Å². The number of para-hydroxylation sites is 1. The van der Waals surface area contributed by atoms with Crippen LogP contribution in [0.4, 0.5) is 5.69 Å². The Morgan fingerprint density at radius 3 is 2.78 bits per heavy atom. The van der Waals surface area contributed by atoms with Crippen molar-refractivity contribution in [2.45, 2.75) is 6.54 Å². The van der Waals surface area contributed by atoms with Crippen LogP contribution in [0.25, 0.3) is 10.9 Å². The largest absolute Gasteiger partial charge is 0.508 e. The lowest BCUT2D eigenvalue weighted by atomic mass is 10.2. The van der Waals surface area contributed by atoms with Gasteiger partial charge in [-0.25, -0.2) is 0 Å². The molecule has 27 heavy (non-hydrogen) atoms. The molecular formula is C21H21N3O3. The van der Waals surface area contributed by atoms with E-state index in [0.717, 1.165) is 16.5 Å². The van der Waals surface area contributed by atoms with E-state index in [1.807, 2.05) is 46.0 Å². The molecule has 6 heteroatoms. The third-order valence-electron chi connectivity index (χ3n) is 4.67. The Hall–Kier alpha value is -3.12. The van der Waals surface area contributed by atoms with E-state index in [4.69, 9.17) is 4.74 Å². The summed E-state index contributed by atoms with van der Waals surface area (Å²) in [6.45, 7) is 2.77. The number of aliphatic imine (C=N–C) groups is 1. The molecule has 0 atom stereocenters. The van der Waals surface area contributed by atoms with Crippen LogP contribution in [0.15, 0.2) is 59.7 Å². The van der Waals surface area contributed by atoms with Gasteiger partial charge in [0.05, 0.1) is 18.9 Å². The molecule has 3 aromatic rings. The number of ether oxygens (including phenoxy) is 1. The van der Waals surface area contributed by atoms with E-state index in [-0.39, 0.29) is 11.7 Å². The highest BCUT2D eigenvalue weighted by Gasteiger charge is 2.18. The summed E-state index contributed by atoms with van der Waals surface area (Å²) in [5.41, 5.74) is 2.61. The average molecular weight is 363 g/mol. The third-order valence-corrected chi connectivity index (χ3v) is 4.67. The van der Waals surface area contributed by atoms with Crippen molar-refractivity contribution < 1.29 is 14.6 Å². The first kappa shape index (κ1) is 17.3. The highest BCUT2D eigenvalue weighted by molar-refractivity contribution is 6.00. The van der Waals surface area contributed by atoms with Gasteiger partial charge < -0.3 is 19.3 Å². The van der Waals surface area contributed by atoms with Crippen molar-refractivity contribution in [2.24, 2.45) is 4.99 Å². The van der Waals surface area contributed by atoms with Crippen LogP contribution in [0.1, 0.15) is 5.56 Å². The van der Waals surface area contributed by atoms with E-state index in [1.54, 1.807) is 24.4 Å². The number of hydrogen-bond donors (Lipinski definition) is 1. The summed E-state index contributed by atoms with van der Waals surface area (Å²) in [6.07, 6.45) is 3.72. The predicted octanol–water partition coefficient (Wildman–Crippen LogP) is 2.96. The fourth-order valence-electron chi connectivity index (χ4n) is 3.28. The van der Waals surface area contributed by atoms with Crippen molar-refractivity contribution in [1.29, 1.82) is 0 Å². The molecule has 0 unspecified atom stereocenters. The van der Waals surface area contributed by atoms with Gasteiger partial charge in [0.25, 0.3) is 0 Å². The van der Waals surface area contributed by atoms with Crippen LogP contribution in [0.5, 0.6) is 5.75 Å². The van der Waals surface area contributed by atoms with Gasteiger partial charge in [0.2, 0.25) is 5.91 Å². The molecule has 1 aliphatic heterocycles. The molecule has 4 rings (SSSR count). The standard InChI is InChI=1S/C21H21N3O3/c25-18-5-3-4-17(12-18)22-13-16-14-24(20-7-2-1-6-19(16)20)15-21(26)23-8-10-27-11-9-23/h1-7,12-14,25H,8-11,15H2.